The van der Waals surface area contributed by atoms with Crippen molar-refractivity contribution in [1.82, 2.24) is 35.8 Å². The first-order valence-corrected chi connectivity index (χ1v) is 10.6. The van der Waals surface area contributed by atoms with Gasteiger partial charge in [0, 0.05) is 36.6 Å². The van der Waals surface area contributed by atoms with E-state index in [1.165, 1.54) is 5.56 Å². The maximum atomic E-state index is 5.09. The summed E-state index contributed by atoms with van der Waals surface area (Å²) < 4.78 is 0. The fourth-order valence-electron chi connectivity index (χ4n) is 4.19. The standard InChI is InChI=1S/C22H25N9/c1-4-13-26(14-5-1)30-24-22(25-18-12-23-19-25)29(31(30)27-15-6-7-16-27)28-17-8-10-20-9-2-3-11-21(20)28/h1-6,8-13,15,18,23H,7,14,16-17,19H2. The molecular weight excluding hydrogens is 390 g/mol. The topological polar surface area (TPSA) is 47.1 Å². The molecule has 1 aromatic rings. The van der Waals surface area contributed by atoms with Crippen LogP contribution in [0.25, 0.3) is 6.08 Å². The number of nitrogens with one attached hydrogen (secondary N) is 1. The monoisotopic (exact) mass is 415 g/mol. The fraction of sp³-hybridized carbons (Fsp3) is 0.227. The highest BCUT2D eigenvalue weighted by Crippen LogP contribution is 2.33. The summed E-state index contributed by atoms with van der Waals surface area (Å²) in [6, 6.07) is 8.49. The van der Waals surface area contributed by atoms with Crippen molar-refractivity contribution in [2.45, 2.75) is 6.42 Å². The normalized spacial score (nSPS) is 22.1. The molecule has 0 fully saturated rings. The zero-order valence-electron chi connectivity index (χ0n) is 17.2. The first-order chi connectivity index (χ1) is 15.4. The van der Waals surface area contributed by atoms with Gasteiger partial charge in [0.1, 0.15) is 0 Å². The summed E-state index contributed by atoms with van der Waals surface area (Å²) >= 11 is 0. The molecule has 1 aromatic carbocycles. The van der Waals surface area contributed by atoms with Crippen molar-refractivity contribution in [2.75, 3.05) is 31.3 Å². The average molecular weight is 416 g/mol. The summed E-state index contributed by atoms with van der Waals surface area (Å²) in [6.45, 7) is 3.06. The highest BCUT2D eigenvalue weighted by molar-refractivity contribution is 5.84. The molecule has 5 aliphatic rings. The number of benzene rings is 1. The van der Waals surface area contributed by atoms with Crippen LogP contribution in [0.1, 0.15) is 12.0 Å². The molecule has 0 amide bonds. The second-order valence-corrected chi connectivity index (χ2v) is 7.65. The Morgan fingerprint density at radius 1 is 0.903 bits per heavy atom. The third-order valence-electron chi connectivity index (χ3n) is 5.66. The van der Waals surface area contributed by atoms with Crippen LogP contribution < -0.4 is 10.3 Å². The minimum Gasteiger partial charge on any atom is -0.372 e. The van der Waals surface area contributed by atoms with Crippen molar-refractivity contribution in [3.63, 3.8) is 0 Å². The maximum Gasteiger partial charge on any atom is 0.266 e. The van der Waals surface area contributed by atoms with Crippen LogP contribution in [-0.2, 0) is 0 Å². The number of hydrazone groups is 1. The summed E-state index contributed by atoms with van der Waals surface area (Å²) in [4.78, 5) is 2.12. The molecule has 9 heteroatoms. The van der Waals surface area contributed by atoms with Crippen molar-refractivity contribution in [2.24, 2.45) is 5.10 Å². The quantitative estimate of drug-likeness (QED) is 0.807. The van der Waals surface area contributed by atoms with Crippen LogP contribution in [0.2, 0.25) is 0 Å². The first kappa shape index (κ1) is 18.0. The SMILES string of the molecule is C1=CCN(N2N=C(N3C=CNC3)N(N3CC=Cc4ccccc43)N2N2C=CCC2)C=C1. The number of allylic oxidation sites excluding steroid dienone is 2. The summed E-state index contributed by atoms with van der Waals surface area (Å²) in [5.41, 5.74) is 2.34. The van der Waals surface area contributed by atoms with E-state index in [0.717, 1.165) is 37.7 Å². The molecule has 5 heterocycles. The van der Waals surface area contributed by atoms with Crippen molar-refractivity contribution in [1.29, 1.82) is 0 Å². The second-order valence-electron chi connectivity index (χ2n) is 7.65. The second kappa shape index (κ2) is 7.44. The zero-order valence-corrected chi connectivity index (χ0v) is 17.2. The summed E-state index contributed by atoms with van der Waals surface area (Å²) in [7, 11) is 0. The van der Waals surface area contributed by atoms with Crippen molar-refractivity contribution < 1.29 is 0 Å². The smallest absolute Gasteiger partial charge is 0.266 e. The van der Waals surface area contributed by atoms with Crippen LogP contribution in [0.3, 0.4) is 0 Å². The minimum absolute atomic E-state index is 0.675. The Hall–Kier alpha value is -3.85. The Bertz CT molecular complexity index is 1020. The molecule has 0 saturated heterocycles. The van der Waals surface area contributed by atoms with Crippen LogP contribution >= 0.6 is 0 Å². The van der Waals surface area contributed by atoms with Gasteiger partial charge in [-0.3, -0.25) is 19.9 Å². The molecule has 158 valence electrons. The molecule has 0 spiro atoms. The van der Waals surface area contributed by atoms with Gasteiger partial charge in [-0.15, -0.1) is 5.12 Å². The van der Waals surface area contributed by atoms with Crippen LogP contribution in [0.15, 0.2) is 84.5 Å². The van der Waals surface area contributed by atoms with Crippen LogP contribution in [0.5, 0.6) is 0 Å². The predicted molar refractivity (Wildman–Crippen MR) is 120 cm³/mol. The van der Waals surface area contributed by atoms with Gasteiger partial charge in [-0.25, -0.2) is 0 Å². The fourth-order valence-corrected chi connectivity index (χ4v) is 4.19. The number of anilines is 1. The zero-order chi connectivity index (χ0) is 20.6. The Balaban J connectivity index is 1.45. The molecule has 0 aromatic heterocycles. The van der Waals surface area contributed by atoms with Gasteiger partial charge in [0.05, 0.1) is 25.4 Å². The van der Waals surface area contributed by atoms with E-state index in [9.17, 15) is 0 Å². The van der Waals surface area contributed by atoms with E-state index in [1.54, 1.807) is 0 Å². The van der Waals surface area contributed by atoms with E-state index < -0.39 is 0 Å². The first-order valence-electron chi connectivity index (χ1n) is 10.6. The summed E-state index contributed by atoms with van der Waals surface area (Å²) in [5, 5.41) is 21.2. The Labute approximate surface area is 181 Å². The number of para-hydroxylation sites is 1. The third kappa shape index (κ3) is 3.01. The van der Waals surface area contributed by atoms with Gasteiger partial charge in [0.25, 0.3) is 5.96 Å². The molecule has 0 radical (unpaired) electrons. The molecule has 0 atom stereocenters. The van der Waals surface area contributed by atoms with Gasteiger partial charge in [0.2, 0.25) is 0 Å². The molecule has 0 aliphatic carbocycles. The maximum absolute atomic E-state index is 5.09. The molecular formula is C22H25N9. The number of hydrazine groups is 5. The lowest BCUT2D eigenvalue weighted by Crippen LogP contribution is -2.65. The van der Waals surface area contributed by atoms with E-state index in [-0.39, 0.29) is 0 Å². The molecule has 0 saturated carbocycles. The lowest BCUT2D eigenvalue weighted by Gasteiger charge is -2.47. The van der Waals surface area contributed by atoms with E-state index >= 15 is 0 Å². The molecule has 1 N–H and O–H groups in total. The molecule has 5 aliphatic heterocycles. The number of rotatable bonds is 3. The average Bonchev–Trinajstić information content (AvgIpc) is 3.59. The summed E-state index contributed by atoms with van der Waals surface area (Å²) in [6.07, 6.45) is 22.0. The van der Waals surface area contributed by atoms with Crippen molar-refractivity contribution in [3.8, 4) is 0 Å². The highest BCUT2D eigenvalue weighted by Gasteiger charge is 2.45. The van der Waals surface area contributed by atoms with Crippen LogP contribution in [0.4, 0.5) is 5.69 Å². The van der Waals surface area contributed by atoms with Crippen molar-refractivity contribution >= 4 is 17.7 Å². The molecule has 9 nitrogen and oxygen atoms in total. The van der Waals surface area contributed by atoms with Crippen LogP contribution in [-0.4, -0.2) is 62.8 Å². The minimum atomic E-state index is 0.675. The van der Waals surface area contributed by atoms with Gasteiger partial charge in [-0.1, -0.05) is 58.9 Å². The number of nitrogens with zero attached hydrogens (tertiary/aromatic N) is 8. The van der Waals surface area contributed by atoms with Gasteiger partial charge in [-0.05, 0) is 24.1 Å². The lowest BCUT2D eigenvalue weighted by atomic mass is 10.1. The summed E-state index contributed by atoms with van der Waals surface area (Å²) in [5.74, 6) is 0.828. The van der Waals surface area contributed by atoms with Gasteiger partial charge < -0.3 is 5.32 Å². The van der Waals surface area contributed by atoms with Crippen molar-refractivity contribution in [3.05, 3.63) is 85.0 Å². The molecule has 0 bridgehead atoms. The largest absolute Gasteiger partial charge is 0.372 e. The lowest BCUT2D eigenvalue weighted by molar-refractivity contribution is -0.309. The highest BCUT2D eigenvalue weighted by atomic mass is 16.3. The van der Waals surface area contributed by atoms with E-state index in [1.807, 2.05) is 23.7 Å². The molecule has 6 rings (SSSR count). The van der Waals surface area contributed by atoms with E-state index in [0.29, 0.717) is 6.67 Å². The number of guanidine groups is 1. The number of hydrogen-bond donors (Lipinski definition) is 1. The Morgan fingerprint density at radius 2 is 1.87 bits per heavy atom. The third-order valence-corrected chi connectivity index (χ3v) is 5.66. The Kier molecular flexibility index (Phi) is 4.31. The molecule has 0 unspecified atom stereocenters. The van der Waals surface area contributed by atoms with Gasteiger partial charge in [0.15, 0.2) is 0 Å². The van der Waals surface area contributed by atoms with Gasteiger partial charge >= 0.3 is 0 Å². The van der Waals surface area contributed by atoms with Crippen LogP contribution in [0, 0.1) is 0 Å². The Morgan fingerprint density at radius 3 is 2.68 bits per heavy atom. The molecule has 31 heavy (non-hydrogen) atoms. The van der Waals surface area contributed by atoms with E-state index in [4.69, 9.17) is 5.10 Å². The number of hydrogen-bond acceptors (Lipinski definition) is 9. The predicted octanol–water partition coefficient (Wildman–Crippen LogP) is 2.22. The number of fused-ring (bicyclic) bond motifs is 1. The van der Waals surface area contributed by atoms with Gasteiger partial charge in [-0.2, -0.15) is 0 Å². The van der Waals surface area contributed by atoms with E-state index in [2.05, 4.69) is 103 Å².